The monoisotopic (exact) mass is 256 g/mol. The van der Waals surface area contributed by atoms with Gasteiger partial charge >= 0.3 is 5.97 Å². The third-order valence-corrected chi connectivity index (χ3v) is 2.09. The third kappa shape index (κ3) is 2.44. The summed E-state index contributed by atoms with van der Waals surface area (Å²) in [6.45, 7) is 0. The van der Waals surface area contributed by atoms with Gasteiger partial charge in [-0.15, -0.1) is 12.4 Å². The molecule has 0 amide bonds. The van der Waals surface area contributed by atoms with E-state index in [0.717, 1.165) is 0 Å². The van der Waals surface area contributed by atoms with Gasteiger partial charge in [-0.05, 0) is 12.1 Å². The highest BCUT2D eigenvalue weighted by Gasteiger charge is 2.17. The van der Waals surface area contributed by atoms with Crippen LogP contribution in [0.2, 0.25) is 10.0 Å². The molecule has 0 atom stereocenters. The zero-order chi connectivity index (χ0) is 10.0. The molecule has 0 saturated carbocycles. The van der Waals surface area contributed by atoms with Gasteiger partial charge in [0.25, 0.3) is 0 Å². The Balaban J connectivity index is 0.00000169. The molecule has 14 heavy (non-hydrogen) atoms. The molecule has 0 aliphatic heterocycles. The van der Waals surface area contributed by atoms with Crippen molar-refractivity contribution < 1.29 is 14.6 Å². The number of carbonyl (C=O) groups is 1. The van der Waals surface area contributed by atoms with Gasteiger partial charge in [-0.1, -0.05) is 23.2 Å². The molecule has 0 bridgehead atoms. The molecule has 0 spiro atoms. The molecule has 0 fully saturated rings. The lowest BCUT2D eigenvalue weighted by Gasteiger charge is -2.07. The van der Waals surface area contributed by atoms with Crippen molar-refractivity contribution in [1.29, 1.82) is 0 Å². The smallest absolute Gasteiger partial charge is 0.341 e. The summed E-state index contributed by atoms with van der Waals surface area (Å²) in [6.07, 6.45) is 0. The minimum Gasteiger partial charge on any atom is -0.494 e. The van der Waals surface area contributed by atoms with Crippen molar-refractivity contribution >= 4 is 41.6 Å². The van der Waals surface area contributed by atoms with E-state index in [1.165, 1.54) is 19.2 Å². The zero-order valence-corrected chi connectivity index (χ0v) is 9.41. The summed E-state index contributed by atoms with van der Waals surface area (Å²) in [6, 6.07) is 2.89. The second-order valence-electron chi connectivity index (χ2n) is 2.24. The summed E-state index contributed by atoms with van der Waals surface area (Å²) in [7, 11) is 1.34. The van der Waals surface area contributed by atoms with E-state index in [9.17, 15) is 4.79 Å². The maximum Gasteiger partial charge on any atom is 0.341 e. The summed E-state index contributed by atoms with van der Waals surface area (Å²) < 4.78 is 4.82. The molecule has 0 unspecified atom stereocenters. The van der Waals surface area contributed by atoms with Gasteiger partial charge in [0.1, 0.15) is 5.56 Å². The summed E-state index contributed by atoms with van der Waals surface area (Å²) in [4.78, 5) is 10.7. The summed E-state index contributed by atoms with van der Waals surface area (Å²) in [5, 5.41) is 9.11. The Hall–Kier alpha value is -0.640. The van der Waals surface area contributed by atoms with Crippen molar-refractivity contribution in [2.45, 2.75) is 0 Å². The second-order valence-corrected chi connectivity index (χ2v) is 3.06. The quantitative estimate of drug-likeness (QED) is 0.885. The van der Waals surface area contributed by atoms with Crippen molar-refractivity contribution in [2.75, 3.05) is 7.11 Å². The van der Waals surface area contributed by atoms with Crippen molar-refractivity contribution in [3.05, 3.63) is 27.7 Å². The fourth-order valence-electron chi connectivity index (χ4n) is 0.932. The molecule has 1 aromatic rings. The Kier molecular flexibility index (Phi) is 5.05. The van der Waals surface area contributed by atoms with E-state index in [4.69, 9.17) is 33.0 Å². The lowest BCUT2D eigenvalue weighted by Crippen LogP contribution is -2.01. The van der Waals surface area contributed by atoms with E-state index in [1.807, 2.05) is 0 Å². The normalized spacial score (nSPS) is 9.07. The Morgan fingerprint density at radius 3 is 2.21 bits per heavy atom. The molecule has 78 valence electrons. The highest BCUT2D eigenvalue weighted by molar-refractivity contribution is 6.36. The van der Waals surface area contributed by atoms with Crippen LogP contribution in [0.3, 0.4) is 0 Å². The molecule has 1 aromatic carbocycles. The maximum absolute atomic E-state index is 10.7. The first-order valence-corrected chi connectivity index (χ1v) is 4.08. The number of carboxylic acids is 1. The van der Waals surface area contributed by atoms with Crippen LogP contribution in [0, 0.1) is 0 Å². The number of aromatic carboxylic acids is 1. The molecule has 0 radical (unpaired) electrons. The molecule has 1 N–H and O–H groups in total. The highest BCUT2D eigenvalue weighted by atomic mass is 35.5. The van der Waals surface area contributed by atoms with Crippen LogP contribution >= 0.6 is 35.6 Å². The SMILES string of the molecule is COc1c(Cl)ccc(Cl)c1C(=O)O.Cl. The first kappa shape index (κ1) is 13.4. The van der Waals surface area contributed by atoms with E-state index in [1.54, 1.807) is 0 Å². The van der Waals surface area contributed by atoms with Gasteiger partial charge in [-0.2, -0.15) is 0 Å². The standard InChI is InChI=1S/C8H6Cl2O3.ClH/c1-13-7-5(10)3-2-4(9)6(7)8(11)12;/h2-3H,1H3,(H,11,12);1H. The number of benzene rings is 1. The fourth-order valence-corrected chi connectivity index (χ4v) is 1.40. The first-order valence-electron chi connectivity index (χ1n) is 3.33. The van der Waals surface area contributed by atoms with E-state index in [2.05, 4.69) is 0 Å². The van der Waals surface area contributed by atoms with E-state index in [-0.39, 0.29) is 33.8 Å². The third-order valence-electron chi connectivity index (χ3n) is 1.48. The van der Waals surface area contributed by atoms with Crippen LogP contribution in [0.25, 0.3) is 0 Å². The van der Waals surface area contributed by atoms with Crippen LogP contribution in [0.5, 0.6) is 5.75 Å². The minimum absolute atomic E-state index is 0. The summed E-state index contributed by atoms with van der Waals surface area (Å²) >= 11 is 11.4. The average molecular weight is 257 g/mol. The van der Waals surface area contributed by atoms with Gasteiger partial charge in [0.2, 0.25) is 0 Å². The van der Waals surface area contributed by atoms with Crippen LogP contribution in [-0.2, 0) is 0 Å². The Bertz CT molecular complexity index is 352. The first-order chi connectivity index (χ1) is 6.07. The molecule has 0 saturated heterocycles. The summed E-state index contributed by atoms with van der Waals surface area (Å²) in [5.74, 6) is -1.08. The van der Waals surface area contributed by atoms with Crippen LogP contribution in [0.15, 0.2) is 12.1 Å². The molecular formula is C8H7Cl3O3. The van der Waals surface area contributed by atoms with Gasteiger partial charge in [-0.25, -0.2) is 4.79 Å². The molecule has 1 rings (SSSR count). The van der Waals surface area contributed by atoms with Gasteiger partial charge in [0.15, 0.2) is 5.75 Å². The number of hydrogen-bond acceptors (Lipinski definition) is 2. The number of ether oxygens (including phenoxy) is 1. The molecule has 6 heteroatoms. The fraction of sp³-hybridized carbons (Fsp3) is 0.125. The van der Waals surface area contributed by atoms with E-state index >= 15 is 0 Å². The van der Waals surface area contributed by atoms with Crippen LogP contribution in [0.1, 0.15) is 10.4 Å². The summed E-state index contributed by atoms with van der Waals surface area (Å²) in [5.41, 5.74) is -0.114. The average Bonchev–Trinajstić information content (AvgIpc) is 2.07. The molecule has 0 aliphatic carbocycles. The van der Waals surface area contributed by atoms with E-state index < -0.39 is 5.97 Å². The predicted molar refractivity (Wildman–Crippen MR) is 57.2 cm³/mol. The largest absolute Gasteiger partial charge is 0.494 e. The lowest BCUT2D eigenvalue weighted by molar-refractivity contribution is 0.0693. The van der Waals surface area contributed by atoms with Crippen molar-refractivity contribution in [2.24, 2.45) is 0 Å². The van der Waals surface area contributed by atoms with Crippen LogP contribution < -0.4 is 4.74 Å². The topological polar surface area (TPSA) is 46.5 Å². The maximum atomic E-state index is 10.7. The van der Waals surface area contributed by atoms with Gasteiger partial charge in [0, 0.05) is 0 Å². The number of halogens is 3. The number of rotatable bonds is 2. The van der Waals surface area contributed by atoms with Crippen molar-refractivity contribution in [3.8, 4) is 5.75 Å². The zero-order valence-electron chi connectivity index (χ0n) is 7.08. The van der Waals surface area contributed by atoms with Crippen LogP contribution in [-0.4, -0.2) is 18.2 Å². The van der Waals surface area contributed by atoms with Crippen molar-refractivity contribution in [3.63, 3.8) is 0 Å². The molecule has 3 nitrogen and oxygen atoms in total. The van der Waals surface area contributed by atoms with Crippen molar-refractivity contribution in [1.82, 2.24) is 0 Å². The minimum atomic E-state index is -1.16. The van der Waals surface area contributed by atoms with E-state index in [0.29, 0.717) is 0 Å². The number of hydrogen-bond donors (Lipinski definition) is 1. The Morgan fingerprint density at radius 1 is 1.36 bits per heavy atom. The number of methoxy groups -OCH3 is 1. The lowest BCUT2D eigenvalue weighted by atomic mass is 10.2. The van der Waals surface area contributed by atoms with Gasteiger partial charge in [0.05, 0.1) is 17.2 Å². The predicted octanol–water partition coefficient (Wildman–Crippen LogP) is 3.12. The molecule has 0 heterocycles. The molecular weight excluding hydrogens is 250 g/mol. The number of carboxylic acid groups (broad SMARTS) is 1. The highest BCUT2D eigenvalue weighted by Crippen LogP contribution is 2.33. The van der Waals surface area contributed by atoms with Gasteiger partial charge in [-0.3, -0.25) is 0 Å². The second kappa shape index (κ2) is 5.29. The molecule has 0 aliphatic rings. The molecule has 0 aromatic heterocycles. The Labute approximate surface area is 97.0 Å². The van der Waals surface area contributed by atoms with Gasteiger partial charge < -0.3 is 9.84 Å². The Morgan fingerprint density at radius 2 is 1.86 bits per heavy atom. The van der Waals surface area contributed by atoms with Crippen LogP contribution in [0.4, 0.5) is 0 Å².